The normalized spacial score (nSPS) is 11.2. The molecule has 0 saturated heterocycles. The molecule has 8 heteroatoms. The van der Waals surface area contributed by atoms with Gasteiger partial charge in [-0.2, -0.15) is 5.10 Å². The van der Waals surface area contributed by atoms with Crippen LogP contribution in [0, 0.1) is 5.82 Å². The molecular formula is C25H20FN5O2. The summed E-state index contributed by atoms with van der Waals surface area (Å²) < 4.78 is 16.4. The Morgan fingerprint density at radius 1 is 0.970 bits per heavy atom. The number of halogens is 1. The molecule has 0 saturated carbocycles. The van der Waals surface area contributed by atoms with E-state index in [-0.39, 0.29) is 30.4 Å². The van der Waals surface area contributed by atoms with Gasteiger partial charge in [0.15, 0.2) is 0 Å². The summed E-state index contributed by atoms with van der Waals surface area (Å²) in [5.74, 6) is -0.653. The highest BCUT2D eigenvalue weighted by Crippen LogP contribution is 2.27. The van der Waals surface area contributed by atoms with Crippen LogP contribution in [0.4, 0.5) is 4.39 Å². The predicted octanol–water partition coefficient (Wildman–Crippen LogP) is 3.25. The van der Waals surface area contributed by atoms with E-state index in [1.54, 1.807) is 30.6 Å². The highest BCUT2D eigenvalue weighted by atomic mass is 19.1. The molecule has 7 nitrogen and oxygen atoms in total. The molecule has 0 radical (unpaired) electrons. The zero-order valence-electron chi connectivity index (χ0n) is 17.6. The monoisotopic (exact) mass is 441 g/mol. The zero-order valence-corrected chi connectivity index (χ0v) is 17.6. The van der Waals surface area contributed by atoms with E-state index in [0.29, 0.717) is 17.4 Å². The van der Waals surface area contributed by atoms with Crippen molar-refractivity contribution in [2.75, 3.05) is 0 Å². The lowest BCUT2D eigenvalue weighted by Gasteiger charge is -2.09. The zero-order chi connectivity index (χ0) is 22.8. The van der Waals surface area contributed by atoms with Gasteiger partial charge in [0.25, 0.3) is 5.56 Å². The fraction of sp³-hybridized carbons (Fsp3) is 0.120. The quantitative estimate of drug-likeness (QED) is 0.439. The highest BCUT2D eigenvalue weighted by Gasteiger charge is 2.17. The lowest BCUT2D eigenvalue weighted by Crippen LogP contribution is -2.34. The van der Waals surface area contributed by atoms with Crippen molar-refractivity contribution in [1.29, 1.82) is 0 Å². The molecule has 0 aliphatic heterocycles. The average Bonchev–Trinajstić information content (AvgIpc) is 3.16. The van der Waals surface area contributed by atoms with Crippen LogP contribution in [0.3, 0.4) is 0 Å². The van der Waals surface area contributed by atoms with E-state index >= 15 is 0 Å². The molecule has 1 N–H and O–H groups in total. The number of pyridine rings is 1. The fourth-order valence-corrected chi connectivity index (χ4v) is 3.93. The molecular weight excluding hydrogens is 421 g/mol. The molecule has 33 heavy (non-hydrogen) atoms. The molecule has 0 aliphatic carbocycles. The third-order valence-corrected chi connectivity index (χ3v) is 5.51. The number of carbonyl (C=O) groups excluding carboxylic acids is 1. The number of benzene rings is 2. The Morgan fingerprint density at radius 3 is 2.55 bits per heavy atom. The Labute approximate surface area is 188 Å². The molecule has 1 amide bonds. The molecule has 3 heterocycles. The Bertz CT molecular complexity index is 1510. The van der Waals surface area contributed by atoms with Crippen molar-refractivity contribution >= 4 is 27.7 Å². The molecule has 0 bridgehead atoms. The number of hydrogen-bond donors (Lipinski definition) is 1. The summed E-state index contributed by atoms with van der Waals surface area (Å²) >= 11 is 0. The van der Waals surface area contributed by atoms with Crippen LogP contribution in [0.25, 0.3) is 21.8 Å². The molecule has 164 valence electrons. The topological polar surface area (TPSA) is 81.8 Å². The molecule has 0 spiro atoms. The maximum Gasteiger partial charge on any atom is 0.291 e. The summed E-state index contributed by atoms with van der Waals surface area (Å²) in [5.41, 5.74) is 2.54. The SMILES string of the molecule is O=C(Cn1ncc2c3ccccc3n(Cc3ccc(F)cc3)c2c1=O)NCc1ccccn1. The van der Waals surface area contributed by atoms with Crippen molar-refractivity contribution in [3.63, 3.8) is 0 Å². The van der Waals surface area contributed by atoms with Crippen molar-refractivity contribution in [1.82, 2.24) is 24.6 Å². The lowest BCUT2D eigenvalue weighted by molar-refractivity contribution is -0.122. The maximum absolute atomic E-state index is 13.4. The van der Waals surface area contributed by atoms with Crippen molar-refractivity contribution < 1.29 is 9.18 Å². The predicted molar refractivity (Wildman–Crippen MR) is 123 cm³/mol. The van der Waals surface area contributed by atoms with Gasteiger partial charge in [0.2, 0.25) is 5.91 Å². The van der Waals surface area contributed by atoms with E-state index in [4.69, 9.17) is 0 Å². The Morgan fingerprint density at radius 2 is 1.76 bits per heavy atom. The van der Waals surface area contributed by atoms with Gasteiger partial charge in [0.05, 0.1) is 18.4 Å². The van der Waals surface area contributed by atoms with Crippen molar-refractivity contribution in [3.05, 3.63) is 107 Å². The van der Waals surface area contributed by atoms with E-state index < -0.39 is 0 Å². The van der Waals surface area contributed by atoms with Gasteiger partial charge < -0.3 is 9.88 Å². The average molecular weight is 441 g/mol. The molecule has 0 aliphatic rings. The fourth-order valence-electron chi connectivity index (χ4n) is 3.93. The number of aromatic nitrogens is 4. The largest absolute Gasteiger partial charge is 0.349 e. The number of hydrogen-bond acceptors (Lipinski definition) is 4. The molecule has 5 rings (SSSR count). The number of nitrogens with one attached hydrogen (secondary N) is 1. The van der Waals surface area contributed by atoms with E-state index in [0.717, 1.165) is 26.8 Å². The third-order valence-electron chi connectivity index (χ3n) is 5.51. The first-order chi connectivity index (χ1) is 16.1. The van der Waals surface area contributed by atoms with Gasteiger partial charge in [-0.05, 0) is 35.9 Å². The van der Waals surface area contributed by atoms with E-state index in [1.165, 1.54) is 12.1 Å². The number of nitrogens with zero attached hydrogens (tertiary/aromatic N) is 4. The molecule has 2 aromatic carbocycles. The van der Waals surface area contributed by atoms with Crippen LogP contribution in [-0.4, -0.2) is 25.2 Å². The second kappa shape index (κ2) is 8.66. The van der Waals surface area contributed by atoms with Crippen molar-refractivity contribution in [3.8, 4) is 0 Å². The summed E-state index contributed by atoms with van der Waals surface area (Å²) in [6.07, 6.45) is 3.27. The summed E-state index contributed by atoms with van der Waals surface area (Å²) in [7, 11) is 0. The summed E-state index contributed by atoms with van der Waals surface area (Å²) in [6.45, 7) is 0.441. The minimum absolute atomic E-state index is 0.209. The molecule has 3 aromatic heterocycles. The van der Waals surface area contributed by atoms with Crippen LogP contribution in [0.5, 0.6) is 0 Å². The Hall–Kier alpha value is -4.33. The van der Waals surface area contributed by atoms with Crippen molar-refractivity contribution in [2.24, 2.45) is 0 Å². The van der Waals surface area contributed by atoms with Crippen LogP contribution in [0.2, 0.25) is 0 Å². The Balaban J connectivity index is 1.51. The summed E-state index contributed by atoms with van der Waals surface area (Å²) in [6, 6.07) is 19.3. The van der Waals surface area contributed by atoms with Crippen LogP contribution < -0.4 is 10.9 Å². The molecule has 5 aromatic rings. The first-order valence-corrected chi connectivity index (χ1v) is 10.5. The smallest absolute Gasteiger partial charge is 0.291 e. The van der Waals surface area contributed by atoms with Crippen molar-refractivity contribution in [2.45, 2.75) is 19.6 Å². The standard InChI is InChI=1S/C25H20FN5O2/c26-18-10-8-17(9-11-18)15-30-22-7-2-1-6-20(22)21-14-29-31(25(33)24(21)30)16-23(32)28-13-19-5-3-4-12-27-19/h1-12,14H,13,15-16H2,(H,28,32). The van der Waals surface area contributed by atoms with Gasteiger partial charge in [-0.1, -0.05) is 36.4 Å². The third kappa shape index (κ3) is 4.10. The number of fused-ring (bicyclic) bond motifs is 3. The van der Waals surface area contributed by atoms with E-state index in [1.807, 2.05) is 41.0 Å². The molecule has 0 fully saturated rings. The van der Waals surface area contributed by atoms with Gasteiger partial charge in [-0.15, -0.1) is 0 Å². The van der Waals surface area contributed by atoms with Crippen LogP contribution in [0.1, 0.15) is 11.3 Å². The van der Waals surface area contributed by atoms with Gasteiger partial charge in [0, 0.05) is 29.0 Å². The molecule has 0 atom stereocenters. The number of amides is 1. The summed E-state index contributed by atoms with van der Waals surface area (Å²) in [4.78, 5) is 30.0. The van der Waals surface area contributed by atoms with Gasteiger partial charge in [-0.3, -0.25) is 14.6 Å². The van der Waals surface area contributed by atoms with Crippen LogP contribution in [0.15, 0.2) is 83.9 Å². The van der Waals surface area contributed by atoms with Crippen LogP contribution >= 0.6 is 0 Å². The second-order valence-corrected chi connectivity index (χ2v) is 7.70. The number of para-hydroxylation sites is 1. The minimum Gasteiger partial charge on any atom is -0.349 e. The van der Waals surface area contributed by atoms with E-state index in [2.05, 4.69) is 15.4 Å². The number of carbonyl (C=O) groups is 1. The van der Waals surface area contributed by atoms with E-state index in [9.17, 15) is 14.0 Å². The summed E-state index contributed by atoms with van der Waals surface area (Å²) in [5, 5.41) is 8.62. The first kappa shape index (κ1) is 20.6. The second-order valence-electron chi connectivity index (χ2n) is 7.70. The van der Waals surface area contributed by atoms with Gasteiger partial charge in [-0.25, -0.2) is 9.07 Å². The van der Waals surface area contributed by atoms with Gasteiger partial charge in [0.1, 0.15) is 17.9 Å². The van der Waals surface area contributed by atoms with Gasteiger partial charge >= 0.3 is 0 Å². The minimum atomic E-state index is -0.362. The maximum atomic E-state index is 13.4. The van der Waals surface area contributed by atoms with Crippen LogP contribution in [-0.2, 0) is 24.4 Å². The highest BCUT2D eigenvalue weighted by molar-refractivity contribution is 6.07. The lowest BCUT2D eigenvalue weighted by atomic mass is 10.2. The Kier molecular flexibility index (Phi) is 5.40. The molecule has 0 unspecified atom stereocenters. The first-order valence-electron chi connectivity index (χ1n) is 10.5. The number of rotatable bonds is 6.